The van der Waals surface area contributed by atoms with Gasteiger partial charge in [0.25, 0.3) is 0 Å². The molecule has 0 radical (unpaired) electrons. The van der Waals surface area contributed by atoms with E-state index in [1.54, 1.807) is 12.1 Å². The Morgan fingerprint density at radius 2 is 1.94 bits per heavy atom. The number of hydrogen-bond donors (Lipinski definition) is 0. The number of hydrogen-bond acceptors (Lipinski definition) is 4. The monoisotopic (exact) mass is 250 g/mol. The summed E-state index contributed by atoms with van der Waals surface area (Å²) in [6.45, 7) is 0. The zero-order chi connectivity index (χ0) is 13.1. The van der Waals surface area contributed by atoms with Crippen LogP contribution in [0.3, 0.4) is 0 Å². The molecule has 0 aliphatic rings. The highest BCUT2D eigenvalue weighted by Crippen LogP contribution is 2.17. The summed E-state index contributed by atoms with van der Waals surface area (Å²) in [7, 11) is -3.62. The van der Waals surface area contributed by atoms with Crippen LogP contribution < -0.4 is 0 Å². The van der Waals surface area contributed by atoms with Gasteiger partial charge in [0.15, 0.2) is 9.84 Å². The fourth-order valence-corrected chi connectivity index (χ4v) is 1.89. The maximum atomic E-state index is 13.4. The third kappa shape index (κ3) is 3.13. The Morgan fingerprint density at radius 1 is 1.35 bits per heavy atom. The summed E-state index contributed by atoms with van der Waals surface area (Å²) in [6, 6.07) is 6.64. The maximum absolute atomic E-state index is 13.4. The molecule has 0 unspecified atom stereocenters. The van der Waals surface area contributed by atoms with Crippen LogP contribution >= 0.6 is 0 Å². The van der Waals surface area contributed by atoms with Gasteiger partial charge in [0.1, 0.15) is 28.4 Å². The highest BCUT2D eigenvalue weighted by atomic mass is 32.2. The number of halogens is 1. The Bertz CT molecular complexity index is 648. The standard InChI is InChI=1S/C11H7FN2O2S/c1-17(15,16)11-3-2-8(5-10(11)12)4-9(6-13)7-14/h2-5H,1H3. The predicted octanol–water partition coefficient (Wildman–Crippen LogP) is 1.66. The summed E-state index contributed by atoms with van der Waals surface area (Å²) in [5, 5.41) is 17.0. The molecule has 0 saturated heterocycles. The lowest BCUT2D eigenvalue weighted by Gasteiger charge is -2.01. The molecule has 0 fully saturated rings. The van der Waals surface area contributed by atoms with Gasteiger partial charge in [-0.1, -0.05) is 6.07 Å². The Hall–Kier alpha value is -2.18. The molecule has 0 saturated carbocycles. The summed E-state index contributed by atoms with van der Waals surface area (Å²) < 4.78 is 35.7. The van der Waals surface area contributed by atoms with Gasteiger partial charge in [-0.2, -0.15) is 10.5 Å². The van der Waals surface area contributed by atoms with Crippen molar-refractivity contribution in [3.63, 3.8) is 0 Å². The minimum Gasteiger partial charge on any atom is -0.224 e. The van der Waals surface area contributed by atoms with Crippen LogP contribution in [0.2, 0.25) is 0 Å². The molecule has 1 aromatic rings. The number of sulfone groups is 1. The van der Waals surface area contributed by atoms with Gasteiger partial charge in [0, 0.05) is 6.26 Å². The minimum atomic E-state index is -3.62. The lowest BCUT2D eigenvalue weighted by atomic mass is 10.1. The van der Waals surface area contributed by atoms with Gasteiger partial charge in [-0.05, 0) is 23.8 Å². The highest BCUT2D eigenvalue weighted by molar-refractivity contribution is 7.90. The zero-order valence-corrected chi connectivity index (χ0v) is 9.62. The summed E-state index contributed by atoms with van der Waals surface area (Å²) in [5.41, 5.74) is 0.0736. The molecule has 0 aliphatic carbocycles. The second-order valence-electron chi connectivity index (χ2n) is 3.24. The molecule has 0 heterocycles. The molecular weight excluding hydrogens is 243 g/mol. The fourth-order valence-electron chi connectivity index (χ4n) is 1.16. The third-order valence-electron chi connectivity index (χ3n) is 1.91. The van der Waals surface area contributed by atoms with Crippen molar-refractivity contribution in [2.24, 2.45) is 0 Å². The number of benzene rings is 1. The molecule has 0 N–H and O–H groups in total. The van der Waals surface area contributed by atoms with Crippen LogP contribution in [-0.2, 0) is 9.84 Å². The fraction of sp³-hybridized carbons (Fsp3) is 0.0909. The van der Waals surface area contributed by atoms with Gasteiger partial charge in [0.2, 0.25) is 0 Å². The first kappa shape index (κ1) is 12.9. The molecule has 0 bridgehead atoms. The highest BCUT2D eigenvalue weighted by Gasteiger charge is 2.13. The quantitative estimate of drug-likeness (QED) is 0.747. The van der Waals surface area contributed by atoms with E-state index in [1.165, 1.54) is 12.1 Å². The first-order valence-electron chi connectivity index (χ1n) is 4.40. The third-order valence-corrected chi connectivity index (χ3v) is 3.04. The molecule has 1 rings (SSSR count). The molecule has 0 atom stereocenters. The summed E-state index contributed by atoms with van der Waals surface area (Å²) >= 11 is 0. The average Bonchev–Trinajstić information content (AvgIpc) is 2.24. The van der Waals surface area contributed by atoms with Crippen LogP contribution in [0.4, 0.5) is 4.39 Å². The Balaban J connectivity index is 3.30. The van der Waals surface area contributed by atoms with Gasteiger partial charge in [-0.3, -0.25) is 0 Å². The molecule has 0 spiro atoms. The Labute approximate surface area is 98.1 Å². The van der Waals surface area contributed by atoms with Crippen LogP contribution in [0.5, 0.6) is 0 Å². The average molecular weight is 250 g/mol. The summed E-state index contributed by atoms with van der Waals surface area (Å²) in [5.74, 6) is -0.906. The minimum absolute atomic E-state index is 0.184. The molecule has 4 nitrogen and oxygen atoms in total. The summed E-state index contributed by atoms with van der Waals surface area (Å²) in [6.07, 6.45) is 2.08. The number of allylic oxidation sites excluding steroid dienone is 1. The van der Waals surface area contributed by atoms with Gasteiger partial charge in [-0.25, -0.2) is 12.8 Å². The van der Waals surface area contributed by atoms with E-state index in [2.05, 4.69) is 0 Å². The van der Waals surface area contributed by atoms with Gasteiger partial charge in [0.05, 0.1) is 0 Å². The number of rotatable bonds is 2. The maximum Gasteiger partial charge on any atom is 0.178 e. The van der Waals surface area contributed by atoms with Crippen molar-refractivity contribution in [3.8, 4) is 12.1 Å². The lowest BCUT2D eigenvalue weighted by molar-refractivity contribution is 0.570. The van der Waals surface area contributed by atoms with E-state index in [1.807, 2.05) is 0 Å². The van der Waals surface area contributed by atoms with Gasteiger partial charge in [-0.15, -0.1) is 0 Å². The second-order valence-corrected chi connectivity index (χ2v) is 5.23. The normalized spacial score (nSPS) is 10.1. The Kier molecular flexibility index (Phi) is 3.62. The smallest absolute Gasteiger partial charge is 0.178 e. The number of nitrogens with zero attached hydrogens (tertiary/aromatic N) is 2. The molecule has 0 aliphatic heterocycles. The van der Waals surface area contributed by atoms with E-state index in [4.69, 9.17) is 10.5 Å². The topological polar surface area (TPSA) is 81.7 Å². The van der Waals surface area contributed by atoms with Crippen molar-refractivity contribution in [3.05, 3.63) is 35.2 Å². The first-order chi connectivity index (χ1) is 7.88. The van der Waals surface area contributed by atoms with Gasteiger partial charge >= 0.3 is 0 Å². The molecule has 86 valence electrons. The van der Waals surface area contributed by atoms with Crippen molar-refractivity contribution in [1.82, 2.24) is 0 Å². The van der Waals surface area contributed by atoms with Crippen molar-refractivity contribution in [2.75, 3.05) is 6.26 Å². The molecule has 0 aromatic heterocycles. The number of nitriles is 2. The molecule has 17 heavy (non-hydrogen) atoms. The van der Waals surface area contributed by atoms with E-state index in [9.17, 15) is 12.8 Å². The van der Waals surface area contributed by atoms with Crippen LogP contribution in [0.25, 0.3) is 6.08 Å². The van der Waals surface area contributed by atoms with Crippen LogP contribution in [0.1, 0.15) is 5.56 Å². The molecule has 6 heteroatoms. The van der Waals surface area contributed by atoms with Gasteiger partial charge < -0.3 is 0 Å². The predicted molar refractivity (Wildman–Crippen MR) is 58.7 cm³/mol. The SMILES string of the molecule is CS(=O)(=O)c1ccc(C=C(C#N)C#N)cc1F. The van der Waals surface area contributed by atoms with E-state index >= 15 is 0 Å². The largest absolute Gasteiger partial charge is 0.224 e. The van der Waals surface area contributed by atoms with Crippen LogP contribution in [-0.4, -0.2) is 14.7 Å². The Morgan fingerprint density at radius 3 is 2.35 bits per heavy atom. The van der Waals surface area contributed by atoms with Crippen molar-refractivity contribution in [2.45, 2.75) is 4.90 Å². The second kappa shape index (κ2) is 4.77. The molecule has 1 aromatic carbocycles. The van der Waals surface area contributed by atoms with Crippen molar-refractivity contribution in [1.29, 1.82) is 10.5 Å². The molecule has 0 amide bonds. The van der Waals surface area contributed by atoms with Crippen LogP contribution in [0.15, 0.2) is 28.7 Å². The van der Waals surface area contributed by atoms with Crippen molar-refractivity contribution >= 4 is 15.9 Å². The van der Waals surface area contributed by atoms with E-state index in [0.29, 0.717) is 0 Å². The zero-order valence-electron chi connectivity index (χ0n) is 8.81. The van der Waals surface area contributed by atoms with E-state index in [-0.39, 0.29) is 11.1 Å². The van der Waals surface area contributed by atoms with E-state index < -0.39 is 20.5 Å². The summed E-state index contributed by atoms with van der Waals surface area (Å²) in [4.78, 5) is -0.412. The molecular formula is C11H7FN2O2S. The first-order valence-corrected chi connectivity index (χ1v) is 6.29. The lowest BCUT2D eigenvalue weighted by Crippen LogP contribution is -2.00. The van der Waals surface area contributed by atoms with Crippen molar-refractivity contribution < 1.29 is 12.8 Å². The van der Waals surface area contributed by atoms with Crippen LogP contribution in [0, 0.1) is 28.5 Å². The van der Waals surface area contributed by atoms with E-state index in [0.717, 1.165) is 18.4 Å².